The summed E-state index contributed by atoms with van der Waals surface area (Å²) in [4.78, 5) is 10.4. The quantitative estimate of drug-likeness (QED) is 0.466. The minimum Gasteiger partial charge on any atom is -0.390 e. The Morgan fingerprint density at radius 1 is 1.69 bits per heavy atom. The normalized spacial score (nSPS) is 15.2. The third kappa shape index (κ3) is 2.53. The standard InChI is InChI=1S/C7H11N3O3/c8-6(12)1-5(11)7(13)4-2-9-10-3-4/h2-3,5,7,11,13H,1H2,(H2,8,12)(H,9,10). The number of primary amides is 1. The molecule has 6 nitrogen and oxygen atoms in total. The Kier molecular flexibility index (Phi) is 2.99. The summed E-state index contributed by atoms with van der Waals surface area (Å²) < 4.78 is 0. The molecule has 5 N–H and O–H groups in total. The van der Waals surface area contributed by atoms with Crippen molar-refractivity contribution in [2.45, 2.75) is 18.6 Å². The minimum absolute atomic E-state index is 0.271. The average Bonchev–Trinajstić information content (AvgIpc) is 2.53. The van der Waals surface area contributed by atoms with Gasteiger partial charge in [-0.3, -0.25) is 9.89 Å². The number of aromatic nitrogens is 2. The molecule has 2 atom stereocenters. The molecule has 72 valence electrons. The molecule has 1 amide bonds. The molecular formula is C7H11N3O3. The molecule has 1 heterocycles. The van der Waals surface area contributed by atoms with Crippen molar-refractivity contribution in [3.63, 3.8) is 0 Å². The molecule has 0 aliphatic carbocycles. The number of carbonyl (C=O) groups is 1. The number of nitrogens with zero attached hydrogens (tertiary/aromatic N) is 1. The molecule has 0 bridgehead atoms. The highest BCUT2D eigenvalue weighted by atomic mass is 16.3. The zero-order chi connectivity index (χ0) is 9.84. The van der Waals surface area contributed by atoms with Crippen molar-refractivity contribution in [1.29, 1.82) is 0 Å². The number of hydrogen-bond donors (Lipinski definition) is 4. The number of amides is 1. The van der Waals surface area contributed by atoms with Crippen LogP contribution in [0.25, 0.3) is 0 Å². The average molecular weight is 185 g/mol. The zero-order valence-electron chi connectivity index (χ0n) is 6.84. The predicted octanol–water partition coefficient (Wildman–Crippen LogP) is -1.32. The van der Waals surface area contributed by atoms with Gasteiger partial charge in [-0.25, -0.2) is 0 Å². The number of nitrogens with one attached hydrogen (secondary N) is 1. The Morgan fingerprint density at radius 3 is 2.85 bits per heavy atom. The van der Waals surface area contributed by atoms with Crippen LogP contribution in [0.4, 0.5) is 0 Å². The first kappa shape index (κ1) is 9.69. The van der Waals surface area contributed by atoms with Gasteiger partial charge < -0.3 is 15.9 Å². The van der Waals surface area contributed by atoms with E-state index in [9.17, 15) is 15.0 Å². The highest BCUT2D eigenvalue weighted by Gasteiger charge is 2.20. The van der Waals surface area contributed by atoms with E-state index in [2.05, 4.69) is 10.2 Å². The lowest BCUT2D eigenvalue weighted by Gasteiger charge is -2.14. The topological polar surface area (TPSA) is 112 Å². The Balaban J connectivity index is 2.57. The monoisotopic (exact) mass is 185 g/mol. The smallest absolute Gasteiger partial charge is 0.220 e. The van der Waals surface area contributed by atoms with Gasteiger partial charge in [0.05, 0.1) is 18.7 Å². The van der Waals surface area contributed by atoms with Gasteiger partial charge in [0.15, 0.2) is 0 Å². The van der Waals surface area contributed by atoms with Gasteiger partial charge in [0.2, 0.25) is 5.91 Å². The van der Waals surface area contributed by atoms with Crippen molar-refractivity contribution in [3.05, 3.63) is 18.0 Å². The highest BCUT2D eigenvalue weighted by Crippen LogP contribution is 2.16. The number of carbonyl (C=O) groups excluding carboxylic acids is 1. The molecule has 1 aromatic heterocycles. The van der Waals surface area contributed by atoms with Crippen LogP contribution < -0.4 is 5.73 Å². The molecule has 13 heavy (non-hydrogen) atoms. The first-order valence-electron chi connectivity index (χ1n) is 3.74. The summed E-state index contributed by atoms with van der Waals surface area (Å²) in [5.41, 5.74) is 5.28. The molecule has 0 aliphatic heterocycles. The van der Waals surface area contributed by atoms with Gasteiger partial charge in [-0.1, -0.05) is 0 Å². The van der Waals surface area contributed by atoms with Crippen molar-refractivity contribution in [2.75, 3.05) is 0 Å². The van der Waals surface area contributed by atoms with E-state index >= 15 is 0 Å². The van der Waals surface area contributed by atoms with Crippen LogP contribution in [0.5, 0.6) is 0 Å². The molecular weight excluding hydrogens is 174 g/mol. The fourth-order valence-corrected chi connectivity index (χ4v) is 0.963. The van der Waals surface area contributed by atoms with Gasteiger partial charge in [0.1, 0.15) is 6.10 Å². The van der Waals surface area contributed by atoms with E-state index in [0.29, 0.717) is 5.56 Å². The summed E-state index contributed by atoms with van der Waals surface area (Å²) >= 11 is 0. The van der Waals surface area contributed by atoms with Gasteiger partial charge in [-0.05, 0) is 0 Å². The van der Waals surface area contributed by atoms with E-state index in [4.69, 9.17) is 5.73 Å². The number of rotatable bonds is 4. The van der Waals surface area contributed by atoms with E-state index in [1.54, 1.807) is 0 Å². The number of hydrogen-bond acceptors (Lipinski definition) is 4. The first-order valence-corrected chi connectivity index (χ1v) is 3.74. The molecule has 0 aliphatic rings. The van der Waals surface area contributed by atoms with Crippen LogP contribution in [-0.2, 0) is 4.79 Å². The zero-order valence-corrected chi connectivity index (χ0v) is 6.84. The predicted molar refractivity (Wildman–Crippen MR) is 43.4 cm³/mol. The van der Waals surface area contributed by atoms with Gasteiger partial charge >= 0.3 is 0 Å². The largest absolute Gasteiger partial charge is 0.390 e. The molecule has 0 fully saturated rings. The van der Waals surface area contributed by atoms with Crippen molar-refractivity contribution in [2.24, 2.45) is 5.73 Å². The van der Waals surface area contributed by atoms with Crippen LogP contribution in [0.2, 0.25) is 0 Å². The highest BCUT2D eigenvalue weighted by molar-refractivity contribution is 5.74. The number of H-pyrrole nitrogens is 1. The SMILES string of the molecule is NC(=O)CC(O)C(O)c1cn[nH]c1. The number of nitrogens with two attached hydrogens (primary N) is 1. The molecule has 0 saturated carbocycles. The molecule has 0 saturated heterocycles. The van der Waals surface area contributed by atoms with Crippen LogP contribution in [0.3, 0.4) is 0 Å². The minimum atomic E-state index is -1.19. The maximum Gasteiger partial charge on any atom is 0.220 e. The van der Waals surface area contributed by atoms with Gasteiger partial charge in [0.25, 0.3) is 0 Å². The Morgan fingerprint density at radius 2 is 2.38 bits per heavy atom. The number of aromatic amines is 1. The number of aliphatic hydroxyl groups excluding tert-OH is 2. The maximum atomic E-state index is 10.4. The van der Waals surface area contributed by atoms with Crippen LogP contribution in [0, 0.1) is 0 Å². The third-order valence-electron chi connectivity index (χ3n) is 1.64. The number of aliphatic hydroxyl groups is 2. The van der Waals surface area contributed by atoms with Gasteiger partial charge in [-0.2, -0.15) is 5.10 Å². The van der Waals surface area contributed by atoms with E-state index in [0.717, 1.165) is 0 Å². The van der Waals surface area contributed by atoms with Crippen LogP contribution in [0.15, 0.2) is 12.4 Å². The Bertz CT molecular complexity index is 273. The first-order chi connectivity index (χ1) is 6.11. The fourth-order valence-electron chi connectivity index (χ4n) is 0.963. The molecule has 2 unspecified atom stereocenters. The molecule has 0 spiro atoms. The summed E-state index contributed by atoms with van der Waals surface area (Å²) in [5, 5.41) is 24.8. The van der Waals surface area contributed by atoms with Crippen LogP contribution >= 0.6 is 0 Å². The summed E-state index contributed by atoms with van der Waals surface area (Å²) in [5.74, 6) is -0.657. The summed E-state index contributed by atoms with van der Waals surface area (Å²) in [7, 11) is 0. The van der Waals surface area contributed by atoms with Crippen molar-refractivity contribution < 1.29 is 15.0 Å². The van der Waals surface area contributed by atoms with E-state index in [1.165, 1.54) is 12.4 Å². The second kappa shape index (κ2) is 4.01. The van der Waals surface area contributed by atoms with E-state index < -0.39 is 18.1 Å². The molecule has 1 aromatic rings. The third-order valence-corrected chi connectivity index (χ3v) is 1.64. The second-order valence-corrected chi connectivity index (χ2v) is 2.71. The van der Waals surface area contributed by atoms with Crippen LogP contribution in [-0.4, -0.2) is 32.4 Å². The molecule has 1 rings (SSSR count). The molecule has 0 radical (unpaired) electrons. The van der Waals surface area contributed by atoms with Crippen molar-refractivity contribution >= 4 is 5.91 Å². The Hall–Kier alpha value is -1.40. The summed E-state index contributed by atoms with van der Waals surface area (Å²) in [6.07, 6.45) is 0.220. The lowest BCUT2D eigenvalue weighted by atomic mass is 10.1. The van der Waals surface area contributed by atoms with Gasteiger partial charge in [-0.15, -0.1) is 0 Å². The maximum absolute atomic E-state index is 10.4. The lowest BCUT2D eigenvalue weighted by molar-refractivity contribution is -0.121. The summed E-state index contributed by atoms with van der Waals surface area (Å²) in [6, 6.07) is 0. The second-order valence-electron chi connectivity index (χ2n) is 2.71. The van der Waals surface area contributed by atoms with Crippen molar-refractivity contribution in [1.82, 2.24) is 10.2 Å². The lowest BCUT2D eigenvalue weighted by Crippen LogP contribution is -2.25. The fraction of sp³-hybridized carbons (Fsp3) is 0.429. The van der Waals surface area contributed by atoms with E-state index in [1.807, 2.05) is 0 Å². The van der Waals surface area contributed by atoms with Gasteiger partial charge in [0, 0.05) is 11.8 Å². The Labute approximate surface area is 74.4 Å². The molecule has 0 aromatic carbocycles. The van der Waals surface area contributed by atoms with Crippen molar-refractivity contribution in [3.8, 4) is 0 Å². The van der Waals surface area contributed by atoms with Crippen LogP contribution in [0.1, 0.15) is 18.1 Å². The van der Waals surface area contributed by atoms with E-state index in [-0.39, 0.29) is 6.42 Å². The summed E-state index contributed by atoms with van der Waals surface area (Å²) in [6.45, 7) is 0. The molecule has 6 heteroatoms.